The van der Waals surface area contributed by atoms with Crippen LogP contribution in [0.2, 0.25) is 0 Å². The molecule has 33 heavy (non-hydrogen) atoms. The summed E-state index contributed by atoms with van der Waals surface area (Å²) in [6.45, 7) is 0.981. The van der Waals surface area contributed by atoms with Gasteiger partial charge in [-0.25, -0.2) is 13.4 Å². The molecule has 1 aromatic heterocycles. The molecule has 1 fully saturated rings. The lowest BCUT2D eigenvalue weighted by Crippen LogP contribution is -2.49. The van der Waals surface area contributed by atoms with E-state index >= 15 is 0 Å². The van der Waals surface area contributed by atoms with E-state index in [1.54, 1.807) is 12.1 Å². The van der Waals surface area contributed by atoms with E-state index in [2.05, 4.69) is 9.97 Å². The van der Waals surface area contributed by atoms with Crippen LogP contribution in [0.15, 0.2) is 41.3 Å². The second-order valence-electron chi connectivity index (χ2n) is 7.28. The van der Waals surface area contributed by atoms with Gasteiger partial charge in [0.25, 0.3) is 5.69 Å². The number of nitrogens with zero attached hydrogens (tertiary/aromatic N) is 5. The molecule has 0 radical (unpaired) electrons. The zero-order valence-electron chi connectivity index (χ0n) is 18.0. The van der Waals surface area contributed by atoms with E-state index in [1.165, 1.54) is 36.7 Å². The SMILES string of the molecule is COc1cc2nc(N3CCN(S(=O)(=O)c4cccc([N+](=O)[O-])c4)CC3)nc(N)c2cc1OC. The van der Waals surface area contributed by atoms with Crippen LogP contribution in [0, 0.1) is 10.1 Å². The Bertz CT molecular complexity index is 1320. The number of aromatic nitrogens is 2. The molecule has 0 atom stereocenters. The van der Waals surface area contributed by atoms with Gasteiger partial charge in [-0.3, -0.25) is 10.1 Å². The average molecular weight is 474 g/mol. The monoisotopic (exact) mass is 474 g/mol. The highest BCUT2D eigenvalue weighted by Crippen LogP contribution is 2.34. The van der Waals surface area contributed by atoms with Gasteiger partial charge in [0.2, 0.25) is 16.0 Å². The molecule has 0 aliphatic carbocycles. The number of rotatable bonds is 6. The molecule has 2 heterocycles. The van der Waals surface area contributed by atoms with E-state index in [0.717, 1.165) is 6.07 Å². The number of nitro benzene ring substituents is 1. The number of fused-ring (bicyclic) bond motifs is 1. The quantitative estimate of drug-likeness (QED) is 0.412. The van der Waals surface area contributed by atoms with Crippen molar-refractivity contribution in [2.75, 3.05) is 51.0 Å². The molecule has 174 valence electrons. The summed E-state index contributed by atoms with van der Waals surface area (Å²) in [5.41, 5.74) is 6.45. The van der Waals surface area contributed by atoms with Crippen molar-refractivity contribution in [3.05, 3.63) is 46.5 Å². The fraction of sp³-hybridized carbons (Fsp3) is 0.300. The van der Waals surface area contributed by atoms with E-state index in [9.17, 15) is 18.5 Å². The van der Waals surface area contributed by atoms with Gasteiger partial charge in [0.15, 0.2) is 11.5 Å². The molecule has 0 unspecified atom stereocenters. The first kappa shape index (κ1) is 22.5. The minimum absolute atomic E-state index is 0.114. The lowest BCUT2D eigenvalue weighted by atomic mass is 10.2. The maximum atomic E-state index is 13.0. The van der Waals surface area contributed by atoms with Crippen LogP contribution >= 0.6 is 0 Å². The van der Waals surface area contributed by atoms with Crippen molar-refractivity contribution < 1.29 is 22.8 Å². The zero-order chi connectivity index (χ0) is 23.8. The minimum atomic E-state index is -3.88. The molecule has 12 nitrogen and oxygen atoms in total. The summed E-state index contributed by atoms with van der Waals surface area (Å²) in [6, 6.07) is 8.44. The van der Waals surface area contributed by atoms with Crippen molar-refractivity contribution in [3.63, 3.8) is 0 Å². The number of methoxy groups -OCH3 is 2. The van der Waals surface area contributed by atoms with Gasteiger partial charge >= 0.3 is 0 Å². The van der Waals surface area contributed by atoms with Crippen molar-refractivity contribution in [3.8, 4) is 11.5 Å². The molecule has 4 rings (SSSR count). The summed E-state index contributed by atoms with van der Waals surface area (Å²) in [7, 11) is -0.829. The van der Waals surface area contributed by atoms with Gasteiger partial charge in [-0.15, -0.1) is 0 Å². The fourth-order valence-electron chi connectivity index (χ4n) is 3.64. The molecule has 3 aromatic rings. The Morgan fingerprint density at radius 3 is 2.33 bits per heavy atom. The van der Waals surface area contributed by atoms with Gasteiger partial charge in [-0.2, -0.15) is 9.29 Å². The smallest absolute Gasteiger partial charge is 0.270 e. The molecule has 0 bridgehead atoms. The van der Waals surface area contributed by atoms with Crippen LogP contribution in [0.25, 0.3) is 10.9 Å². The number of benzene rings is 2. The van der Waals surface area contributed by atoms with Crippen molar-refractivity contribution in [2.24, 2.45) is 0 Å². The molecule has 2 aromatic carbocycles. The summed E-state index contributed by atoms with van der Waals surface area (Å²) in [5, 5.41) is 11.6. The van der Waals surface area contributed by atoms with E-state index in [1.807, 2.05) is 4.90 Å². The summed E-state index contributed by atoms with van der Waals surface area (Å²) in [4.78, 5) is 21.1. The highest BCUT2D eigenvalue weighted by Gasteiger charge is 2.30. The summed E-state index contributed by atoms with van der Waals surface area (Å²) in [5.74, 6) is 1.65. The molecule has 2 N–H and O–H groups in total. The van der Waals surface area contributed by atoms with Gasteiger partial charge in [-0.1, -0.05) is 6.07 Å². The number of hydrogen-bond donors (Lipinski definition) is 1. The molecule has 1 saturated heterocycles. The lowest BCUT2D eigenvalue weighted by molar-refractivity contribution is -0.385. The van der Waals surface area contributed by atoms with Crippen LogP contribution in [0.3, 0.4) is 0 Å². The van der Waals surface area contributed by atoms with Gasteiger partial charge in [-0.05, 0) is 12.1 Å². The van der Waals surface area contributed by atoms with Crippen molar-refractivity contribution in [2.45, 2.75) is 4.90 Å². The number of nitro groups is 1. The second-order valence-corrected chi connectivity index (χ2v) is 9.22. The molecule has 0 spiro atoms. The van der Waals surface area contributed by atoms with Crippen molar-refractivity contribution in [1.29, 1.82) is 0 Å². The Morgan fingerprint density at radius 2 is 1.70 bits per heavy atom. The number of ether oxygens (including phenoxy) is 2. The Kier molecular flexibility index (Phi) is 5.91. The number of nitrogen functional groups attached to an aromatic ring is 1. The topological polar surface area (TPSA) is 154 Å². The van der Waals surface area contributed by atoms with Crippen molar-refractivity contribution in [1.82, 2.24) is 14.3 Å². The predicted molar refractivity (Wildman–Crippen MR) is 121 cm³/mol. The van der Waals surface area contributed by atoms with E-state index in [-0.39, 0.29) is 29.5 Å². The Labute approximate surface area is 189 Å². The summed E-state index contributed by atoms with van der Waals surface area (Å²) < 4.78 is 37.9. The Balaban J connectivity index is 1.56. The van der Waals surface area contributed by atoms with Crippen molar-refractivity contribution >= 4 is 38.4 Å². The van der Waals surface area contributed by atoms with E-state index < -0.39 is 14.9 Å². The Hall–Kier alpha value is -3.71. The predicted octanol–water partition coefficient (Wildman–Crippen LogP) is 1.65. The van der Waals surface area contributed by atoms with Gasteiger partial charge < -0.3 is 20.1 Å². The summed E-state index contributed by atoms with van der Waals surface area (Å²) in [6.07, 6.45) is 0. The average Bonchev–Trinajstić information content (AvgIpc) is 2.83. The van der Waals surface area contributed by atoms with Crippen LogP contribution in [0.4, 0.5) is 17.5 Å². The molecule has 1 aliphatic rings. The third kappa shape index (κ3) is 4.19. The molecule has 1 aliphatic heterocycles. The van der Waals surface area contributed by atoms with Crippen LogP contribution in [0.5, 0.6) is 11.5 Å². The Morgan fingerprint density at radius 1 is 1.03 bits per heavy atom. The van der Waals surface area contributed by atoms with Gasteiger partial charge in [0.05, 0.1) is 29.6 Å². The minimum Gasteiger partial charge on any atom is -0.493 e. The number of hydrogen-bond acceptors (Lipinski definition) is 10. The molecule has 13 heteroatoms. The number of nitrogens with two attached hydrogens (primary N) is 1. The van der Waals surface area contributed by atoms with Crippen LogP contribution in [-0.4, -0.2) is 68.0 Å². The fourth-order valence-corrected chi connectivity index (χ4v) is 5.11. The molecular formula is C20H22N6O6S. The number of sulfonamides is 1. The first-order chi connectivity index (χ1) is 15.7. The van der Waals surface area contributed by atoms with Crippen LogP contribution < -0.4 is 20.1 Å². The zero-order valence-corrected chi connectivity index (χ0v) is 18.8. The van der Waals surface area contributed by atoms with Gasteiger partial charge in [0.1, 0.15) is 5.82 Å². The van der Waals surface area contributed by atoms with E-state index in [0.29, 0.717) is 41.4 Å². The number of piperazine rings is 1. The molecular weight excluding hydrogens is 452 g/mol. The first-order valence-electron chi connectivity index (χ1n) is 9.93. The first-order valence-corrected chi connectivity index (χ1v) is 11.4. The maximum absolute atomic E-state index is 13.0. The largest absolute Gasteiger partial charge is 0.493 e. The summed E-state index contributed by atoms with van der Waals surface area (Å²) >= 11 is 0. The number of anilines is 2. The van der Waals surface area contributed by atoms with Gasteiger partial charge in [0, 0.05) is 49.8 Å². The molecule has 0 saturated carbocycles. The maximum Gasteiger partial charge on any atom is 0.270 e. The highest BCUT2D eigenvalue weighted by molar-refractivity contribution is 7.89. The highest BCUT2D eigenvalue weighted by atomic mass is 32.2. The van der Waals surface area contributed by atoms with Crippen LogP contribution in [-0.2, 0) is 10.0 Å². The second kappa shape index (κ2) is 8.67. The van der Waals surface area contributed by atoms with Crippen LogP contribution in [0.1, 0.15) is 0 Å². The number of non-ortho nitro benzene ring substituents is 1. The molecule has 0 amide bonds. The lowest BCUT2D eigenvalue weighted by Gasteiger charge is -2.34. The standard InChI is InChI=1S/C20H22N6O6S/c1-31-17-11-15-16(12-18(17)32-2)22-20(23-19(15)21)24-6-8-25(9-7-24)33(29,30)14-5-3-4-13(10-14)26(27)28/h3-5,10-12H,6-9H2,1-2H3,(H2,21,22,23). The van der Waals surface area contributed by atoms with E-state index in [4.69, 9.17) is 15.2 Å². The third-order valence-corrected chi connectivity index (χ3v) is 7.30. The third-order valence-electron chi connectivity index (χ3n) is 5.41. The normalized spacial score (nSPS) is 14.9.